The lowest BCUT2D eigenvalue weighted by atomic mass is 9.91. The first-order valence-corrected chi connectivity index (χ1v) is 11.6. The van der Waals surface area contributed by atoms with Gasteiger partial charge in [0.05, 0.1) is 11.4 Å². The zero-order valence-electron chi connectivity index (χ0n) is 17.7. The van der Waals surface area contributed by atoms with E-state index in [9.17, 15) is 4.39 Å². The van der Waals surface area contributed by atoms with Crippen LogP contribution in [0.3, 0.4) is 0 Å². The number of hydrogen-bond donors (Lipinski definition) is 0. The van der Waals surface area contributed by atoms with Crippen LogP contribution in [-0.2, 0) is 6.42 Å². The van der Waals surface area contributed by atoms with Crippen molar-refractivity contribution in [1.82, 2.24) is 19.4 Å². The lowest BCUT2D eigenvalue weighted by molar-refractivity contribution is 0.211. The molecule has 5 nitrogen and oxygen atoms in total. The number of likely N-dealkylation sites (tertiary alicyclic amines) is 1. The van der Waals surface area contributed by atoms with E-state index in [0.29, 0.717) is 17.4 Å². The minimum atomic E-state index is -0.281. The van der Waals surface area contributed by atoms with E-state index in [1.807, 2.05) is 0 Å². The molecule has 0 aliphatic carbocycles. The Hall–Kier alpha value is -2.25. The van der Waals surface area contributed by atoms with E-state index in [1.54, 1.807) is 17.4 Å². The number of piperidine rings is 1. The fourth-order valence-corrected chi connectivity index (χ4v) is 5.51. The zero-order valence-corrected chi connectivity index (χ0v) is 18.5. The summed E-state index contributed by atoms with van der Waals surface area (Å²) in [6, 6.07) is 4.71. The molecule has 0 N–H and O–H groups in total. The summed E-state index contributed by atoms with van der Waals surface area (Å²) in [6.07, 6.45) is 5.36. The molecular formula is C23H27FN4OS. The molecule has 5 rings (SSSR count). The lowest BCUT2D eigenvalue weighted by Crippen LogP contribution is -2.34. The molecule has 3 aromatic heterocycles. The third-order valence-electron chi connectivity index (χ3n) is 6.33. The number of fused-ring (bicyclic) bond motifs is 2. The predicted molar refractivity (Wildman–Crippen MR) is 118 cm³/mol. The molecular weight excluding hydrogens is 399 g/mol. The van der Waals surface area contributed by atoms with Crippen molar-refractivity contribution in [2.75, 3.05) is 19.6 Å². The van der Waals surface area contributed by atoms with Crippen molar-refractivity contribution in [1.29, 1.82) is 0 Å². The molecule has 30 heavy (non-hydrogen) atoms. The molecule has 1 aromatic carbocycles. The SMILES string of the molecule is Cc1sc2nc(C(C)C)cn2c1CCN1CCC(c2noc3cc(F)ccc23)CC1. The lowest BCUT2D eigenvalue weighted by Gasteiger charge is -2.31. The fraction of sp³-hybridized carbons (Fsp3) is 0.478. The Morgan fingerprint density at radius 2 is 2.07 bits per heavy atom. The Balaban J connectivity index is 1.23. The number of rotatable bonds is 5. The maximum absolute atomic E-state index is 13.4. The molecule has 1 saturated heterocycles. The van der Waals surface area contributed by atoms with E-state index in [1.165, 1.54) is 28.4 Å². The van der Waals surface area contributed by atoms with E-state index in [0.717, 1.165) is 54.9 Å². The molecule has 0 radical (unpaired) electrons. The Bertz CT molecular complexity index is 1180. The summed E-state index contributed by atoms with van der Waals surface area (Å²) in [5.41, 5.74) is 4.09. The van der Waals surface area contributed by atoms with Crippen LogP contribution < -0.4 is 0 Å². The van der Waals surface area contributed by atoms with Gasteiger partial charge in [0.1, 0.15) is 5.82 Å². The summed E-state index contributed by atoms with van der Waals surface area (Å²) in [5, 5.41) is 5.22. The summed E-state index contributed by atoms with van der Waals surface area (Å²) < 4.78 is 21.1. The number of thiazole rings is 1. The average Bonchev–Trinajstić information content (AvgIpc) is 3.39. The van der Waals surface area contributed by atoms with Gasteiger partial charge in [-0.3, -0.25) is 4.40 Å². The highest BCUT2D eigenvalue weighted by atomic mass is 32.1. The summed E-state index contributed by atoms with van der Waals surface area (Å²) >= 11 is 1.79. The van der Waals surface area contributed by atoms with Crippen molar-refractivity contribution in [2.45, 2.75) is 51.9 Å². The van der Waals surface area contributed by atoms with Crippen LogP contribution in [0.2, 0.25) is 0 Å². The first-order valence-electron chi connectivity index (χ1n) is 10.7. The van der Waals surface area contributed by atoms with E-state index in [4.69, 9.17) is 9.51 Å². The average molecular weight is 427 g/mol. The second kappa shape index (κ2) is 7.78. The van der Waals surface area contributed by atoms with Crippen molar-refractivity contribution >= 4 is 27.3 Å². The zero-order chi connectivity index (χ0) is 20.8. The van der Waals surface area contributed by atoms with Crippen LogP contribution in [-0.4, -0.2) is 39.1 Å². The Morgan fingerprint density at radius 1 is 1.27 bits per heavy atom. The minimum Gasteiger partial charge on any atom is -0.356 e. The van der Waals surface area contributed by atoms with Gasteiger partial charge in [0.2, 0.25) is 0 Å². The van der Waals surface area contributed by atoms with Gasteiger partial charge in [-0.05, 0) is 50.9 Å². The van der Waals surface area contributed by atoms with Crippen molar-refractivity contribution in [3.05, 3.63) is 52.2 Å². The van der Waals surface area contributed by atoms with Gasteiger partial charge in [0, 0.05) is 47.1 Å². The third kappa shape index (κ3) is 3.54. The van der Waals surface area contributed by atoms with Crippen molar-refractivity contribution < 1.29 is 8.91 Å². The fourth-order valence-electron chi connectivity index (χ4n) is 4.51. The topological polar surface area (TPSA) is 46.6 Å². The molecule has 0 saturated carbocycles. The molecule has 0 amide bonds. The van der Waals surface area contributed by atoms with Crippen LogP contribution in [0.4, 0.5) is 4.39 Å². The maximum atomic E-state index is 13.4. The van der Waals surface area contributed by atoms with E-state index >= 15 is 0 Å². The van der Waals surface area contributed by atoms with Gasteiger partial charge < -0.3 is 9.42 Å². The Kier molecular flexibility index (Phi) is 5.11. The van der Waals surface area contributed by atoms with Crippen LogP contribution >= 0.6 is 11.3 Å². The summed E-state index contributed by atoms with van der Waals surface area (Å²) in [4.78, 5) is 9.80. The van der Waals surface area contributed by atoms with Gasteiger partial charge in [-0.1, -0.05) is 19.0 Å². The van der Waals surface area contributed by atoms with Crippen LogP contribution in [0.1, 0.15) is 60.5 Å². The van der Waals surface area contributed by atoms with Gasteiger partial charge in [0.25, 0.3) is 0 Å². The molecule has 1 fully saturated rings. The molecule has 0 atom stereocenters. The Labute approximate surface area is 179 Å². The van der Waals surface area contributed by atoms with Gasteiger partial charge in [-0.2, -0.15) is 0 Å². The normalized spacial score (nSPS) is 16.4. The number of aryl methyl sites for hydroxylation is 1. The number of aromatic nitrogens is 3. The smallest absolute Gasteiger partial charge is 0.194 e. The van der Waals surface area contributed by atoms with Gasteiger partial charge in [0.15, 0.2) is 10.5 Å². The molecule has 0 bridgehead atoms. The first-order chi connectivity index (χ1) is 14.5. The quantitative estimate of drug-likeness (QED) is 0.421. The van der Waals surface area contributed by atoms with Crippen LogP contribution in [0.15, 0.2) is 28.9 Å². The highest BCUT2D eigenvalue weighted by Gasteiger charge is 2.25. The number of nitrogens with zero attached hydrogens (tertiary/aromatic N) is 4. The van der Waals surface area contributed by atoms with Crippen molar-refractivity contribution in [3.8, 4) is 0 Å². The molecule has 1 aliphatic rings. The number of benzene rings is 1. The second-order valence-corrected chi connectivity index (χ2v) is 9.83. The monoisotopic (exact) mass is 426 g/mol. The minimum absolute atomic E-state index is 0.281. The third-order valence-corrected chi connectivity index (χ3v) is 7.34. The second-order valence-electron chi connectivity index (χ2n) is 8.65. The van der Waals surface area contributed by atoms with Gasteiger partial charge in [-0.25, -0.2) is 9.37 Å². The highest BCUT2D eigenvalue weighted by Crippen LogP contribution is 2.33. The summed E-state index contributed by atoms with van der Waals surface area (Å²) in [7, 11) is 0. The summed E-state index contributed by atoms with van der Waals surface area (Å²) in [5.74, 6) is 0.550. The van der Waals surface area contributed by atoms with Crippen molar-refractivity contribution in [3.63, 3.8) is 0 Å². The van der Waals surface area contributed by atoms with E-state index < -0.39 is 0 Å². The molecule has 1 aliphatic heterocycles. The standard InChI is InChI=1S/C23H27FN4OS/c1-14(2)19-13-28-20(15(3)30-23(28)25-19)8-11-27-9-6-16(7-10-27)22-18-5-4-17(24)12-21(18)29-26-22/h4-5,12-14,16H,6-11H2,1-3H3. The number of halogens is 1. The molecule has 158 valence electrons. The van der Waals surface area contributed by atoms with Gasteiger partial charge >= 0.3 is 0 Å². The van der Waals surface area contributed by atoms with Crippen LogP contribution in [0.25, 0.3) is 15.9 Å². The Morgan fingerprint density at radius 3 is 2.83 bits per heavy atom. The van der Waals surface area contributed by atoms with E-state index in [2.05, 4.69) is 41.4 Å². The first kappa shape index (κ1) is 19.7. The number of imidazole rings is 1. The molecule has 0 spiro atoms. The largest absolute Gasteiger partial charge is 0.356 e. The number of hydrogen-bond acceptors (Lipinski definition) is 5. The molecule has 4 heterocycles. The molecule has 7 heteroatoms. The summed E-state index contributed by atoms with van der Waals surface area (Å²) in [6.45, 7) is 9.74. The van der Waals surface area contributed by atoms with Gasteiger partial charge in [-0.15, -0.1) is 11.3 Å². The van der Waals surface area contributed by atoms with Crippen LogP contribution in [0.5, 0.6) is 0 Å². The maximum Gasteiger partial charge on any atom is 0.194 e. The predicted octanol–water partition coefficient (Wildman–Crippen LogP) is 5.53. The highest BCUT2D eigenvalue weighted by molar-refractivity contribution is 7.17. The molecule has 4 aromatic rings. The van der Waals surface area contributed by atoms with E-state index in [-0.39, 0.29) is 5.82 Å². The van der Waals surface area contributed by atoms with Crippen molar-refractivity contribution in [2.24, 2.45) is 0 Å². The van der Waals surface area contributed by atoms with Crippen LogP contribution in [0, 0.1) is 12.7 Å². The molecule has 0 unspecified atom stereocenters.